The third-order valence-electron chi connectivity index (χ3n) is 1.96. The first-order valence-electron chi connectivity index (χ1n) is 4.46. The van der Waals surface area contributed by atoms with Gasteiger partial charge in [-0.25, -0.2) is 0 Å². The molecule has 1 rings (SSSR count). The fourth-order valence-electron chi connectivity index (χ4n) is 1.33. The average molecular weight is 191 g/mol. The van der Waals surface area contributed by atoms with Gasteiger partial charge >= 0.3 is 0 Å². The topological polar surface area (TPSA) is 60.2 Å². The van der Waals surface area contributed by atoms with E-state index >= 15 is 0 Å². The summed E-state index contributed by atoms with van der Waals surface area (Å²) >= 11 is 0. The van der Waals surface area contributed by atoms with E-state index in [1.807, 2.05) is 13.0 Å². The van der Waals surface area contributed by atoms with Crippen molar-refractivity contribution in [2.75, 3.05) is 0 Å². The molecule has 0 bridgehead atoms. The minimum atomic E-state index is 0.0524. The van der Waals surface area contributed by atoms with Crippen LogP contribution in [-0.2, 0) is 6.42 Å². The van der Waals surface area contributed by atoms with Crippen molar-refractivity contribution in [2.45, 2.75) is 19.4 Å². The van der Waals surface area contributed by atoms with Crippen LogP contribution in [0.1, 0.15) is 33.2 Å². The number of rotatable bonds is 4. The van der Waals surface area contributed by atoms with Crippen LogP contribution in [0.25, 0.3) is 0 Å². The monoisotopic (exact) mass is 191 g/mol. The van der Waals surface area contributed by atoms with Crippen molar-refractivity contribution >= 4 is 12.6 Å². The Bertz CT molecular complexity index is 345. The summed E-state index contributed by atoms with van der Waals surface area (Å²) in [6, 6.07) is 5.23. The number of carbonyl (C=O) groups is 2. The number of nitrogens with two attached hydrogens (primary N) is 1. The summed E-state index contributed by atoms with van der Waals surface area (Å²) in [6.07, 6.45) is 2.08. The van der Waals surface area contributed by atoms with Gasteiger partial charge in [-0.15, -0.1) is 0 Å². The highest BCUT2D eigenvalue weighted by atomic mass is 16.1. The predicted octanol–water partition coefficient (Wildman–Crippen LogP) is 1.20. The number of hydrogen-bond donors (Lipinski definition) is 1. The predicted molar refractivity (Wildman–Crippen MR) is 54.6 cm³/mol. The second-order valence-electron chi connectivity index (χ2n) is 3.38. The Kier molecular flexibility index (Phi) is 3.54. The highest BCUT2D eigenvalue weighted by molar-refractivity contribution is 5.90. The highest BCUT2D eigenvalue weighted by Crippen LogP contribution is 2.09. The standard InChI is InChI=1S/C11H13NO2/c1-8(12)4-9-2-3-10(6-13)11(5-9)7-14/h2-3,5-8H,4,12H2,1H3. The summed E-state index contributed by atoms with van der Waals surface area (Å²) in [4.78, 5) is 21.2. The van der Waals surface area contributed by atoms with Crippen LogP contribution >= 0.6 is 0 Å². The van der Waals surface area contributed by atoms with Crippen molar-refractivity contribution in [1.82, 2.24) is 0 Å². The van der Waals surface area contributed by atoms with E-state index in [1.54, 1.807) is 12.1 Å². The summed E-state index contributed by atoms with van der Waals surface area (Å²) in [5.74, 6) is 0. The second-order valence-corrected chi connectivity index (χ2v) is 3.38. The van der Waals surface area contributed by atoms with Gasteiger partial charge in [0.1, 0.15) is 0 Å². The minimum Gasteiger partial charge on any atom is -0.328 e. The van der Waals surface area contributed by atoms with Crippen LogP contribution in [0.3, 0.4) is 0 Å². The molecule has 0 fully saturated rings. The smallest absolute Gasteiger partial charge is 0.150 e. The van der Waals surface area contributed by atoms with Crippen molar-refractivity contribution in [3.05, 3.63) is 34.9 Å². The molecule has 0 amide bonds. The van der Waals surface area contributed by atoms with Crippen molar-refractivity contribution in [3.8, 4) is 0 Å². The third-order valence-corrected chi connectivity index (χ3v) is 1.96. The zero-order chi connectivity index (χ0) is 10.6. The van der Waals surface area contributed by atoms with E-state index in [1.165, 1.54) is 0 Å². The molecule has 0 aliphatic heterocycles. The quantitative estimate of drug-likeness (QED) is 0.727. The fraction of sp³-hybridized carbons (Fsp3) is 0.273. The maximum atomic E-state index is 10.6. The largest absolute Gasteiger partial charge is 0.328 e. The van der Waals surface area contributed by atoms with E-state index in [4.69, 9.17) is 5.73 Å². The number of benzene rings is 1. The zero-order valence-electron chi connectivity index (χ0n) is 8.07. The molecule has 0 aliphatic rings. The molecule has 2 N–H and O–H groups in total. The molecule has 0 aliphatic carbocycles. The van der Waals surface area contributed by atoms with Gasteiger partial charge in [0.15, 0.2) is 12.6 Å². The van der Waals surface area contributed by atoms with Crippen molar-refractivity contribution in [1.29, 1.82) is 0 Å². The van der Waals surface area contributed by atoms with Crippen LogP contribution in [0.5, 0.6) is 0 Å². The Morgan fingerprint density at radius 3 is 2.43 bits per heavy atom. The van der Waals surface area contributed by atoms with E-state index in [-0.39, 0.29) is 6.04 Å². The van der Waals surface area contributed by atoms with Gasteiger partial charge < -0.3 is 5.73 Å². The van der Waals surface area contributed by atoms with Gasteiger partial charge in [0.2, 0.25) is 0 Å². The Morgan fingerprint density at radius 1 is 1.29 bits per heavy atom. The molecule has 74 valence electrons. The minimum absolute atomic E-state index is 0.0524. The Labute approximate surface area is 82.9 Å². The molecule has 0 aromatic heterocycles. The fourth-order valence-corrected chi connectivity index (χ4v) is 1.33. The first-order valence-corrected chi connectivity index (χ1v) is 4.46. The Hall–Kier alpha value is -1.48. The Balaban J connectivity index is 3.01. The molecule has 1 aromatic carbocycles. The van der Waals surface area contributed by atoms with Gasteiger partial charge in [-0.05, 0) is 25.0 Å². The molecule has 0 saturated heterocycles. The summed E-state index contributed by atoms with van der Waals surface area (Å²) in [5, 5.41) is 0. The lowest BCUT2D eigenvalue weighted by Gasteiger charge is -2.06. The van der Waals surface area contributed by atoms with Gasteiger partial charge in [-0.3, -0.25) is 9.59 Å². The number of hydrogen-bond acceptors (Lipinski definition) is 3. The second kappa shape index (κ2) is 4.67. The average Bonchev–Trinajstić information content (AvgIpc) is 2.16. The molecule has 0 heterocycles. The SMILES string of the molecule is CC(N)Cc1ccc(C=O)c(C=O)c1. The maximum Gasteiger partial charge on any atom is 0.150 e. The molecule has 1 unspecified atom stereocenters. The van der Waals surface area contributed by atoms with Crippen molar-refractivity contribution in [3.63, 3.8) is 0 Å². The zero-order valence-corrected chi connectivity index (χ0v) is 8.07. The molecule has 3 nitrogen and oxygen atoms in total. The van der Waals surface area contributed by atoms with Gasteiger partial charge in [0, 0.05) is 17.2 Å². The molecule has 3 heteroatoms. The normalized spacial score (nSPS) is 12.1. The van der Waals surface area contributed by atoms with Crippen LogP contribution in [0, 0.1) is 0 Å². The molecule has 0 radical (unpaired) electrons. The highest BCUT2D eigenvalue weighted by Gasteiger charge is 2.03. The lowest BCUT2D eigenvalue weighted by Crippen LogP contribution is -2.17. The van der Waals surface area contributed by atoms with Gasteiger partial charge in [0.25, 0.3) is 0 Å². The molecule has 1 atom stereocenters. The van der Waals surface area contributed by atoms with Gasteiger partial charge in [0.05, 0.1) is 0 Å². The molecular weight excluding hydrogens is 178 g/mol. The van der Waals surface area contributed by atoms with Crippen LogP contribution in [0.15, 0.2) is 18.2 Å². The first-order chi connectivity index (χ1) is 6.67. The first kappa shape index (κ1) is 10.6. The van der Waals surface area contributed by atoms with Crippen molar-refractivity contribution in [2.24, 2.45) is 5.73 Å². The lowest BCUT2D eigenvalue weighted by atomic mass is 10.0. The van der Waals surface area contributed by atoms with Gasteiger partial charge in [-0.1, -0.05) is 12.1 Å². The van der Waals surface area contributed by atoms with E-state index < -0.39 is 0 Å². The van der Waals surface area contributed by atoms with E-state index in [0.29, 0.717) is 30.1 Å². The van der Waals surface area contributed by atoms with Crippen LogP contribution in [0.2, 0.25) is 0 Å². The Morgan fingerprint density at radius 2 is 1.93 bits per heavy atom. The lowest BCUT2D eigenvalue weighted by molar-refractivity contribution is 0.109. The number of carbonyl (C=O) groups excluding carboxylic acids is 2. The maximum absolute atomic E-state index is 10.6. The van der Waals surface area contributed by atoms with Gasteiger partial charge in [-0.2, -0.15) is 0 Å². The van der Waals surface area contributed by atoms with E-state index in [2.05, 4.69) is 0 Å². The van der Waals surface area contributed by atoms with Crippen LogP contribution in [-0.4, -0.2) is 18.6 Å². The van der Waals surface area contributed by atoms with Crippen LogP contribution in [0.4, 0.5) is 0 Å². The van der Waals surface area contributed by atoms with Crippen LogP contribution < -0.4 is 5.73 Å². The van der Waals surface area contributed by atoms with Crippen molar-refractivity contribution < 1.29 is 9.59 Å². The molecular formula is C11H13NO2. The molecule has 1 aromatic rings. The summed E-state index contributed by atoms with van der Waals surface area (Å²) < 4.78 is 0. The summed E-state index contributed by atoms with van der Waals surface area (Å²) in [7, 11) is 0. The molecule has 0 saturated carbocycles. The molecule has 0 spiro atoms. The third kappa shape index (κ3) is 2.50. The summed E-state index contributed by atoms with van der Waals surface area (Å²) in [5.41, 5.74) is 7.46. The molecule has 14 heavy (non-hydrogen) atoms. The number of aldehydes is 2. The van der Waals surface area contributed by atoms with E-state index in [0.717, 1.165) is 5.56 Å². The summed E-state index contributed by atoms with van der Waals surface area (Å²) in [6.45, 7) is 1.90. The van der Waals surface area contributed by atoms with E-state index in [9.17, 15) is 9.59 Å².